The van der Waals surface area contributed by atoms with Gasteiger partial charge in [-0.2, -0.15) is 5.26 Å². The summed E-state index contributed by atoms with van der Waals surface area (Å²) in [6.45, 7) is 0. The van der Waals surface area contributed by atoms with Gasteiger partial charge in [0.15, 0.2) is 0 Å². The van der Waals surface area contributed by atoms with E-state index in [1.165, 1.54) is 0 Å². The summed E-state index contributed by atoms with van der Waals surface area (Å²) in [5, 5.41) is 17.1. The number of benzene rings is 8. The maximum atomic E-state index is 10.5. The molecule has 0 fully saturated rings. The lowest BCUT2D eigenvalue weighted by Crippen LogP contribution is -2.11. The molecule has 0 unspecified atom stereocenters. The van der Waals surface area contributed by atoms with Gasteiger partial charge in [0.2, 0.25) is 0 Å². The zero-order valence-electron chi connectivity index (χ0n) is 23.9. The van der Waals surface area contributed by atoms with E-state index in [9.17, 15) is 5.26 Å². The Morgan fingerprint density at radius 1 is 0.386 bits per heavy atom. The van der Waals surface area contributed by atoms with Gasteiger partial charge in [0, 0.05) is 44.3 Å². The highest BCUT2D eigenvalue weighted by Gasteiger charge is 2.23. The molecule has 0 amide bonds. The number of hydrogen-bond donors (Lipinski definition) is 0. The van der Waals surface area contributed by atoms with Gasteiger partial charge in [-0.3, -0.25) is 0 Å². The number of rotatable bonds is 6. The van der Waals surface area contributed by atoms with Crippen LogP contribution in [0.3, 0.4) is 0 Å². The molecule has 0 bridgehead atoms. The Morgan fingerprint density at radius 3 is 1.30 bits per heavy atom. The van der Waals surface area contributed by atoms with E-state index >= 15 is 0 Å². The van der Waals surface area contributed by atoms with Crippen LogP contribution in [0.1, 0.15) is 5.56 Å². The van der Waals surface area contributed by atoms with Crippen molar-refractivity contribution in [1.82, 2.24) is 0 Å². The number of nitrogens with zero attached hydrogens (tertiary/aromatic N) is 3. The first kappa shape index (κ1) is 25.6. The van der Waals surface area contributed by atoms with Crippen molar-refractivity contribution in [1.29, 1.82) is 5.26 Å². The van der Waals surface area contributed by atoms with Gasteiger partial charge in [-0.1, -0.05) is 103 Å². The lowest BCUT2D eigenvalue weighted by molar-refractivity contribution is 1.29. The second kappa shape index (κ2) is 10.6. The normalized spacial score (nSPS) is 11.2. The molecule has 0 aliphatic carbocycles. The van der Waals surface area contributed by atoms with E-state index in [4.69, 9.17) is 0 Å². The average molecular weight is 562 g/mol. The zero-order chi connectivity index (χ0) is 29.5. The molecule has 0 spiro atoms. The van der Waals surface area contributed by atoms with Crippen LogP contribution >= 0.6 is 0 Å². The maximum absolute atomic E-state index is 10.5. The Kier molecular flexibility index (Phi) is 6.18. The minimum Gasteiger partial charge on any atom is -0.310 e. The topological polar surface area (TPSA) is 30.3 Å². The number of nitriles is 1. The molecule has 0 aliphatic rings. The van der Waals surface area contributed by atoms with E-state index in [2.05, 4.69) is 149 Å². The molecular weight excluding hydrogens is 534 g/mol. The molecule has 8 rings (SSSR count). The van der Waals surface area contributed by atoms with Crippen molar-refractivity contribution >= 4 is 66.4 Å². The molecule has 0 N–H and O–H groups in total. The van der Waals surface area contributed by atoms with E-state index in [1.54, 1.807) is 0 Å². The summed E-state index contributed by atoms with van der Waals surface area (Å²) in [7, 11) is 0. The van der Waals surface area contributed by atoms with Gasteiger partial charge in [-0.25, -0.2) is 0 Å². The van der Waals surface area contributed by atoms with Crippen molar-refractivity contribution in [2.24, 2.45) is 0 Å². The zero-order valence-corrected chi connectivity index (χ0v) is 23.9. The SMILES string of the molecule is N#Cc1cc(N(c2ccccc2)c2ccccc2)c2ccc3ccc(N(c4ccccc4)c4ccccc4)c4ccc1c2c34. The van der Waals surface area contributed by atoms with Crippen LogP contribution in [0, 0.1) is 11.3 Å². The molecule has 8 aromatic rings. The highest BCUT2D eigenvalue weighted by atomic mass is 15.1. The number of anilines is 6. The molecule has 44 heavy (non-hydrogen) atoms. The minimum absolute atomic E-state index is 0.659. The fourth-order valence-corrected chi connectivity index (χ4v) is 6.50. The second-order valence-corrected chi connectivity index (χ2v) is 10.9. The summed E-state index contributed by atoms with van der Waals surface area (Å²) >= 11 is 0. The van der Waals surface area contributed by atoms with Gasteiger partial charge < -0.3 is 9.80 Å². The predicted octanol–water partition coefficient (Wildman–Crippen LogP) is 11.4. The van der Waals surface area contributed by atoms with Crippen LogP contribution in [0.25, 0.3) is 32.3 Å². The van der Waals surface area contributed by atoms with Gasteiger partial charge in [0.05, 0.1) is 23.0 Å². The molecule has 0 radical (unpaired) electrons. The van der Waals surface area contributed by atoms with E-state index in [0.717, 1.165) is 66.4 Å². The van der Waals surface area contributed by atoms with Crippen LogP contribution in [-0.4, -0.2) is 0 Å². The van der Waals surface area contributed by atoms with Crippen molar-refractivity contribution in [3.63, 3.8) is 0 Å². The first-order valence-corrected chi connectivity index (χ1v) is 14.8. The molecule has 0 atom stereocenters. The third-order valence-electron chi connectivity index (χ3n) is 8.40. The first-order chi connectivity index (χ1) is 21.8. The summed E-state index contributed by atoms with van der Waals surface area (Å²) in [6.07, 6.45) is 0. The predicted molar refractivity (Wildman–Crippen MR) is 184 cm³/mol. The van der Waals surface area contributed by atoms with Gasteiger partial charge >= 0.3 is 0 Å². The van der Waals surface area contributed by atoms with E-state index in [1.807, 2.05) is 30.3 Å². The highest BCUT2D eigenvalue weighted by Crippen LogP contribution is 2.48. The summed E-state index contributed by atoms with van der Waals surface area (Å²) in [5.74, 6) is 0. The van der Waals surface area contributed by atoms with Gasteiger partial charge in [0.25, 0.3) is 0 Å². The Balaban J connectivity index is 1.46. The standard InChI is InChI=1S/C41H27N3/c42-28-30-27-39(44(33-17-9-3-10-18-33)34-19-11-4-12-20-34)37-23-21-29-22-26-38(36-25-24-35(30)41(37)40(29)36)43(31-13-5-1-6-14-31)32-15-7-2-8-16-32/h1-27H. The number of hydrogen-bond acceptors (Lipinski definition) is 3. The second-order valence-electron chi connectivity index (χ2n) is 10.9. The molecule has 0 heterocycles. The molecule has 3 heteroatoms. The van der Waals surface area contributed by atoms with Crippen LogP contribution in [0.2, 0.25) is 0 Å². The third-order valence-corrected chi connectivity index (χ3v) is 8.40. The van der Waals surface area contributed by atoms with E-state index in [0.29, 0.717) is 5.56 Å². The molecule has 8 aromatic carbocycles. The van der Waals surface area contributed by atoms with Gasteiger partial charge in [-0.05, 0) is 71.4 Å². The average Bonchev–Trinajstić information content (AvgIpc) is 3.10. The monoisotopic (exact) mass is 561 g/mol. The third kappa shape index (κ3) is 4.13. The Bertz CT molecular complexity index is 2190. The molecule has 3 nitrogen and oxygen atoms in total. The molecule has 0 aromatic heterocycles. The minimum atomic E-state index is 0.659. The first-order valence-electron chi connectivity index (χ1n) is 14.8. The molecule has 0 saturated heterocycles. The van der Waals surface area contributed by atoms with Crippen molar-refractivity contribution in [2.75, 3.05) is 9.80 Å². The van der Waals surface area contributed by atoms with Gasteiger partial charge in [0.1, 0.15) is 0 Å². The fraction of sp³-hybridized carbons (Fsp3) is 0. The quantitative estimate of drug-likeness (QED) is 0.189. The lowest BCUT2D eigenvalue weighted by Gasteiger charge is -2.29. The fourth-order valence-electron chi connectivity index (χ4n) is 6.50. The molecule has 0 aliphatic heterocycles. The van der Waals surface area contributed by atoms with Crippen LogP contribution in [0.15, 0.2) is 164 Å². The highest BCUT2D eigenvalue weighted by molar-refractivity contribution is 6.29. The Morgan fingerprint density at radius 2 is 0.795 bits per heavy atom. The Labute approximate surface area is 256 Å². The summed E-state index contributed by atoms with van der Waals surface area (Å²) in [4.78, 5) is 4.58. The molecule has 206 valence electrons. The van der Waals surface area contributed by atoms with Gasteiger partial charge in [-0.15, -0.1) is 0 Å². The summed E-state index contributed by atoms with van der Waals surface area (Å²) in [6, 6.07) is 59.5. The largest absolute Gasteiger partial charge is 0.310 e. The van der Waals surface area contributed by atoms with Crippen molar-refractivity contribution < 1.29 is 0 Å². The Hall–Kier alpha value is -6.11. The van der Waals surface area contributed by atoms with Crippen molar-refractivity contribution in [3.05, 3.63) is 169 Å². The molecule has 0 saturated carbocycles. The number of para-hydroxylation sites is 4. The van der Waals surface area contributed by atoms with Crippen LogP contribution < -0.4 is 9.80 Å². The van der Waals surface area contributed by atoms with Crippen molar-refractivity contribution in [2.45, 2.75) is 0 Å². The summed E-state index contributed by atoms with van der Waals surface area (Å²) < 4.78 is 0. The smallest absolute Gasteiger partial charge is 0.0998 e. The lowest BCUT2D eigenvalue weighted by atomic mass is 9.89. The van der Waals surface area contributed by atoms with Crippen LogP contribution in [0.4, 0.5) is 34.1 Å². The van der Waals surface area contributed by atoms with E-state index < -0.39 is 0 Å². The van der Waals surface area contributed by atoms with Crippen LogP contribution in [0.5, 0.6) is 0 Å². The van der Waals surface area contributed by atoms with E-state index in [-0.39, 0.29) is 0 Å². The summed E-state index contributed by atoms with van der Waals surface area (Å²) in [5.41, 5.74) is 6.99. The van der Waals surface area contributed by atoms with Crippen LogP contribution in [-0.2, 0) is 0 Å². The maximum Gasteiger partial charge on any atom is 0.0998 e. The molecular formula is C41H27N3. The van der Waals surface area contributed by atoms with Crippen molar-refractivity contribution in [3.8, 4) is 6.07 Å².